The van der Waals surface area contributed by atoms with Gasteiger partial charge in [0.25, 0.3) is 0 Å². The normalized spacial score (nSPS) is 18.6. The number of rotatable bonds is 7. The lowest BCUT2D eigenvalue weighted by Gasteiger charge is -2.27. The van der Waals surface area contributed by atoms with Crippen LogP contribution in [0.4, 0.5) is 9.39 Å². The maximum Gasteiger partial charge on any atom is 0.341 e. The number of thiophene rings is 1. The second-order valence-electron chi connectivity index (χ2n) is 7.32. The zero-order valence-electron chi connectivity index (χ0n) is 16.7. The minimum atomic E-state index is -0.976. The van der Waals surface area contributed by atoms with Crippen molar-refractivity contribution in [2.24, 2.45) is 11.8 Å². The first-order valence-electron chi connectivity index (χ1n) is 10.0. The molecule has 1 aromatic heterocycles. The summed E-state index contributed by atoms with van der Waals surface area (Å²) >= 11 is 1.16. The van der Waals surface area contributed by atoms with Gasteiger partial charge in [-0.2, -0.15) is 0 Å². The summed E-state index contributed by atoms with van der Waals surface area (Å²) in [6.07, 6.45) is 3.17. The van der Waals surface area contributed by atoms with Crippen molar-refractivity contribution >= 4 is 34.2 Å². The lowest BCUT2D eigenvalue weighted by Crippen LogP contribution is -2.36. The number of amides is 1. The molecule has 1 heterocycles. The molecule has 1 aliphatic rings. The Bertz CT molecular complexity index is 924. The largest absolute Gasteiger partial charge is 0.481 e. The topological polar surface area (TPSA) is 92.7 Å². The summed E-state index contributed by atoms with van der Waals surface area (Å²) in [5.41, 5.74) is 1.36. The maximum atomic E-state index is 13.3. The third kappa shape index (κ3) is 4.87. The van der Waals surface area contributed by atoms with Crippen molar-refractivity contribution in [2.45, 2.75) is 39.0 Å². The molecule has 0 unspecified atom stereocenters. The molecular formula is C22H24FNO5S. The van der Waals surface area contributed by atoms with E-state index < -0.39 is 35.5 Å². The summed E-state index contributed by atoms with van der Waals surface area (Å²) < 4.78 is 18.6. The standard InChI is InChI=1S/C22H24FNO5S/c1-2-11-29-22(28)18-17(13-7-9-14(23)10-8-13)12-30-20(18)24-19(25)15-5-3-4-6-16(15)21(26)27/h7-10,12,15-16H,2-6,11H2,1H3,(H,24,25)(H,26,27)/t15-,16-/m0/s1. The zero-order chi connectivity index (χ0) is 21.7. The van der Waals surface area contributed by atoms with Gasteiger partial charge in [-0.3, -0.25) is 9.59 Å². The Balaban J connectivity index is 1.91. The number of carboxylic acids is 1. The molecule has 0 bridgehead atoms. The number of carboxylic acid groups (broad SMARTS) is 1. The van der Waals surface area contributed by atoms with Crippen molar-refractivity contribution in [2.75, 3.05) is 11.9 Å². The van der Waals surface area contributed by atoms with Gasteiger partial charge in [0.1, 0.15) is 16.4 Å². The van der Waals surface area contributed by atoms with E-state index in [-0.39, 0.29) is 12.2 Å². The minimum Gasteiger partial charge on any atom is -0.481 e. The Kier molecular flexibility index (Phi) is 7.20. The number of carbonyl (C=O) groups is 3. The van der Waals surface area contributed by atoms with Crippen LogP contribution in [0.25, 0.3) is 11.1 Å². The molecule has 3 rings (SSSR count). The number of benzene rings is 1. The lowest BCUT2D eigenvalue weighted by molar-refractivity contribution is -0.147. The molecule has 0 aliphatic heterocycles. The lowest BCUT2D eigenvalue weighted by atomic mass is 9.79. The highest BCUT2D eigenvalue weighted by Crippen LogP contribution is 2.38. The molecule has 0 saturated heterocycles. The van der Waals surface area contributed by atoms with Crippen molar-refractivity contribution in [1.82, 2.24) is 0 Å². The van der Waals surface area contributed by atoms with Crippen molar-refractivity contribution in [3.8, 4) is 11.1 Å². The Morgan fingerprint density at radius 1 is 1.17 bits per heavy atom. The molecule has 0 radical (unpaired) electrons. The molecule has 0 spiro atoms. The second-order valence-corrected chi connectivity index (χ2v) is 8.20. The van der Waals surface area contributed by atoms with E-state index in [1.807, 2.05) is 6.92 Å². The molecule has 2 N–H and O–H groups in total. The summed E-state index contributed by atoms with van der Waals surface area (Å²) in [6.45, 7) is 2.11. The average molecular weight is 434 g/mol. The van der Waals surface area contributed by atoms with Crippen LogP contribution in [-0.4, -0.2) is 29.6 Å². The van der Waals surface area contributed by atoms with Crippen LogP contribution in [0.5, 0.6) is 0 Å². The van der Waals surface area contributed by atoms with Crippen LogP contribution in [0, 0.1) is 17.7 Å². The Morgan fingerprint density at radius 3 is 2.47 bits per heavy atom. The van der Waals surface area contributed by atoms with Crippen molar-refractivity contribution < 1.29 is 28.6 Å². The fraction of sp³-hybridized carbons (Fsp3) is 0.409. The molecule has 2 atom stereocenters. The van der Waals surface area contributed by atoms with Crippen LogP contribution in [0.3, 0.4) is 0 Å². The Labute approximate surface area is 178 Å². The van der Waals surface area contributed by atoms with E-state index in [1.165, 1.54) is 12.1 Å². The van der Waals surface area contributed by atoms with Crippen molar-refractivity contribution in [3.63, 3.8) is 0 Å². The molecule has 1 saturated carbocycles. The molecule has 1 amide bonds. The maximum absolute atomic E-state index is 13.3. The number of carbonyl (C=O) groups excluding carboxylic acids is 2. The molecule has 1 fully saturated rings. The number of aliphatic carboxylic acids is 1. The van der Waals surface area contributed by atoms with E-state index in [1.54, 1.807) is 17.5 Å². The van der Waals surface area contributed by atoms with Gasteiger partial charge in [0.15, 0.2) is 0 Å². The number of nitrogens with one attached hydrogen (secondary N) is 1. The van der Waals surface area contributed by atoms with Gasteiger partial charge in [-0.1, -0.05) is 31.9 Å². The monoisotopic (exact) mass is 433 g/mol. The summed E-state index contributed by atoms with van der Waals surface area (Å²) in [5, 5.41) is 14.2. The summed E-state index contributed by atoms with van der Waals surface area (Å²) in [4.78, 5) is 37.2. The number of ether oxygens (including phenoxy) is 1. The van der Waals surface area contributed by atoms with Gasteiger partial charge in [0, 0.05) is 10.9 Å². The fourth-order valence-corrected chi connectivity index (χ4v) is 4.67. The third-order valence-corrected chi connectivity index (χ3v) is 6.14. The van der Waals surface area contributed by atoms with Crippen LogP contribution in [-0.2, 0) is 14.3 Å². The highest BCUT2D eigenvalue weighted by atomic mass is 32.1. The van der Waals surface area contributed by atoms with Crippen LogP contribution in [0.15, 0.2) is 29.6 Å². The second kappa shape index (κ2) is 9.84. The number of hydrogen-bond donors (Lipinski definition) is 2. The van der Waals surface area contributed by atoms with Gasteiger partial charge in [-0.25, -0.2) is 9.18 Å². The van der Waals surface area contributed by atoms with Gasteiger partial charge >= 0.3 is 11.9 Å². The first-order valence-corrected chi connectivity index (χ1v) is 10.9. The molecule has 1 aromatic carbocycles. The smallest absolute Gasteiger partial charge is 0.341 e. The van der Waals surface area contributed by atoms with Crippen LogP contribution >= 0.6 is 11.3 Å². The van der Waals surface area contributed by atoms with Gasteiger partial charge in [0.05, 0.1) is 18.4 Å². The average Bonchev–Trinajstić information content (AvgIpc) is 3.16. The van der Waals surface area contributed by atoms with Crippen molar-refractivity contribution in [1.29, 1.82) is 0 Å². The molecular weight excluding hydrogens is 409 g/mol. The SMILES string of the molecule is CCCOC(=O)c1c(-c2ccc(F)cc2)csc1NC(=O)[C@H]1CCCC[C@@H]1C(=O)O. The molecule has 30 heavy (non-hydrogen) atoms. The highest BCUT2D eigenvalue weighted by Gasteiger charge is 2.36. The summed E-state index contributed by atoms with van der Waals surface area (Å²) in [5.74, 6) is -3.73. The first kappa shape index (κ1) is 22.0. The molecule has 2 aromatic rings. The van der Waals surface area contributed by atoms with Gasteiger partial charge in [0.2, 0.25) is 5.91 Å². The van der Waals surface area contributed by atoms with Gasteiger partial charge in [-0.05, 0) is 37.0 Å². The quantitative estimate of drug-likeness (QED) is 0.603. The summed E-state index contributed by atoms with van der Waals surface area (Å²) in [7, 11) is 0. The Hall–Kier alpha value is -2.74. The van der Waals surface area contributed by atoms with E-state index in [9.17, 15) is 23.9 Å². The van der Waals surface area contributed by atoms with E-state index in [0.29, 0.717) is 35.4 Å². The van der Waals surface area contributed by atoms with Crippen LogP contribution in [0.2, 0.25) is 0 Å². The first-order chi connectivity index (χ1) is 14.4. The number of halogens is 1. The van der Waals surface area contributed by atoms with Crippen LogP contribution < -0.4 is 5.32 Å². The predicted octanol–water partition coefficient (Wildman–Crippen LogP) is 4.95. The minimum absolute atomic E-state index is 0.205. The fourth-order valence-electron chi connectivity index (χ4n) is 3.71. The molecule has 1 aliphatic carbocycles. The summed E-state index contributed by atoms with van der Waals surface area (Å²) in [6, 6.07) is 5.71. The van der Waals surface area contributed by atoms with Crippen LogP contribution in [0.1, 0.15) is 49.4 Å². The zero-order valence-corrected chi connectivity index (χ0v) is 17.5. The number of hydrogen-bond acceptors (Lipinski definition) is 5. The molecule has 6 nitrogen and oxygen atoms in total. The van der Waals surface area contributed by atoms with E-state index in [4.69, 9.17) is 4.74 Å². The van der Waals surface area contributed by atoms with Gasteiger partial charge < -0.3 is 15.2 Å². The third-order valence-electron chi connectivity index (χ3n) is 5.24. The number of anilines is 1. The number of esters is 1. The molecule has 160 valence electrons. The highest BCUT2D eigenvalue weighted by molar-refractivity contribution is 7.15. The van der Waals surface area contributed by atoms with E-state index in [0.717, 1.165) is 24.2 Å². The predicted molar refractivity (Wildman–Crippen MR) is 112 cm³/mol. The van der Waals surface area contributed by atoms with Gasteiger partial charge in [-0.15, -0.1) is 11.3 Å². The Morgan fingerprint density at radius 2 is 1.83 bits per heavy atom. The van der Waals surface area contributed by atoms with E-state index >= 15 is 0 Å². The molecule has 8 heteroatoms. The van der Waals surface area contributed by atoms with E-state index in [2.05, 4.69) is 5.32 Å². The van der Waals surface area contributed by atoms with Crippen molar-refractivity contribution in [3.05, 3.63) is 41.0 Å².